The number of benzene rings is 1. The van der Waals surface area contributed by atoms with Crippen molar-refractivity contribution < 1.29 is 14.4 Å². The highest BCUT2D eigenvalue weighted by Gasteiger charge is 2.26. The summed E-state index contributed by atoms with van der Waals surface area (Å²) < 4.78 is 0. The van der Waals surface area contributed by atoms with Crippen LogP contribution in [-0.2, 0) is 14.4 Å². The Balaban J connectivity index is 1.98. The molecule has 6 heteroatoms. The first-order valence-electron chi connectivity index (χ1n) is 6.39. The van der Waals surface area contributed by atoms with E-state index in [-0.39, 0.29) is 23.6 Å². The van der Waals surface area contributed by atoms with E-state index >= 15 is 0 Å². The molecule has 2 rings (SSSR count). The first-order chi connectivity index (χ1) is 9.56. The molecule has 0 aromatic heterocycles. The number of thioether (sulfide) groups is 1. The monoisotopic (exact) mass is 292 g/mol. The summed E-state index contributed by atoms with van der Waals surface area (Å²) in [6, 6.07) is 7.47. The van der Waals surface area contributed by atoms with Crippen LogP contribution in [0.4, 0.5) is 5.69 Å². The van der Waals surface area contributed by atoms with E-state index in [1.807, 2.05) is 24.3 Å². The lowest BCUT2D eigenvalue weighted by Crippen LogP contribution is -2.41. The summed E-state index contributed by atoms with van der Waals surface area (Å²) >= 11 is 1.51. The van der Waals surface area contributed by atoms with Crippen LogP contribution in [0, 0.1) is 5.92 Å². The molecule has 0 spiro atoms. The van der Waals surface area contributed by atoms with Crippen LogP contribution in [0.15, 0.2) is 29.2 Å². The molecule has 1 aromatic carbocycles. The Morgan fingerprint density at radius 2 is 2.15 bits per heavy atom. The van der Waals surface area contributed by atoms with Gasteiger partial charge in [0.2, 0.25) is 17.7 Å². The SMILES string of the molecule is CC(=O)Nc1ccccc1SCC1CCC(=O)NC1=O. The lowest BCUT2D eigenvalue weighted by atomic mass is 10.0. The predicted molar refractivity (Wildman–Crippen MR) is 77.3 cm³/mol. The lowest BCUT2D eigenvalue weighted by Gasteiger charge is -2.20. The highest BCUT2D eigenvalue weighted by Crippen LogP contribution is 2.30. The molecule has 1 aliphatic rings. The van der Waals surface area contributed by atoms with Crippen molar-refractivity contribution in [1.29, 1.82) is 0 Å². The Bertz CT molecular complexity index is 545. The summed E-state index contributed by atoms with van der Waals surface area (Å²) in [6.45, 7) is 1.46. The number of para-hydroxylation sites is 1. The molecule has 0 radical (unpaired) electrons. The highest BCUT2D eigenvalue weighted by atomic mass is 32.2. The molecule has 1 atom stereocenters. The number of hydrogen-bond acceptors (Lipinski definition) is 4. The minimum atomic E-state index is -0.203. The second kappa shape index (κ2) is 6.56. The van der Waals surface area contributed by atoms with Crippen LogP contribution < -0.4 is 10.6 Å². The summed E-state index contributed by atoms with van der Waals surface area (Å²) in [5, 5.41) is 5.12. The van der Waals surface area contributed by atoms with E-state index < -0.39 is 0 Å². The van der Waals surface area contributed by atoms with Crippen LogP contribution in [0.25, 0.3) is 0 Å². The van der Waals surface area contributed by atoms with Gasteiger partial charge in [0, 0.05) is 29.9 Å². The van der Waals surface area contributed by atoms with Crippen LogP contribution in [0.5, 0.6) is 0 Å². The van der Waals surface area contributed by atoms with Crippen LogP contribution in [0.1, 0.15) is 19.8 Å². The Morgan fingerprint density at radius 3 is 2.85 bits per heavy atom. The summed E-state index contributed by atoms with van der Waals surface area (Å²) in [5.74, 6) is -0.0989. The normalized spacial score (nSPS) is 18.6. The van der Waals surface area contributed by atoms with E-state index in [1.54, 1.807) is 0 Å². The standard InChI is InChI=1S/C14H16N2O3S/c1-9(17)15-11-4-2-3-5-12(11)20-8-10-6-7-13(18)16-14(10)19/h2-5,10H,6-8H2,1H3,(H,15,17)(H,16,18,19). The third kappa shape index (κ3) is 3.84. The number of carbonyl (C=O) groups excluding carboxylic acids is 3. The maximum atomic E-state index is 11.7. The van der Waals surface area contributed by atoms with Gasteiger partial charge in [-0.15, -0.1) is 11.8 Å². The Labute approximate surface area is 121 Å². The van der Waals surface area contributed by atoms with Crippen molar-refractivity contribution in [1.82, 2.24) is 5.32 Å². The fourth-order valence-corrected chi connectivity index (χ4v) is 3.12. The highest BCUT2D eigenvalue weighted by molar-refractivity contribution is 7.99. The number of carbonyl (C=O) groups is 3. The number of rotatable bonds is 4. The zero-order chi connectivity index (χ0) is 14.5. The van der Waals surface area contributed by atoms with Crippen molar-refractivity contribution in [2.45, 2.75) is 24.7 Å². The summed E-state index contributed by atoms with van der Waals surface area (Å²) in [4.78, 5) is 34.8. The third-order valence-electron chi connectivity index (χ3n) is 2.99. The number of anilines is 1. The van der Waals surface area contributed by atoms with Crippen LogP contribution in [0.2, 0.25) is 0 Å². The quantitative estimate of drug-likeness (QED) is 0.655. The smallest absolute Gasteiger partial charge is 0.230 e. The maximum absolute atomic E-state index is 11.7. The molecule has 5 nitrogen and oxygen atoms in total. The average molecular weight is 292 g/mol. The molecule has 1 aromatic rings. The first-order valence-corrected chi connectivity index (χ1v) is 7.38. The van der Waals surface area contributed by atoms with Gasteiger partial charge in [-0.2, -0.15) is 0 Å². The van der Waals surface area contributed by atoms with Crippen molar-refractivity contribution >= 4 is 35.2 Å². The molecule has 106 valence electrons. The fourth-order valence-electron chi connectivity index (χ4n) is 1.97. The van der Waals surface area contributed by atoms with Crippen LogP contribution >= 0.6 is 11.8 Å². The van der Waals surface area contributed by atoms with E-state index in [4.69, 9.17) is 0 Å². The van der Waals surface area contributed by atoms with Gasteiger partial charge in [-0.05, 0) is 18.6 Å². The lowest BCUT2D eigenvalue weighted by molar-refractivity contribution is -0.135. The molecule has 1 saturated heterocycles. The Kier molecular flexibility index (Phi) is 4.79. The number of amides is 3. The van der Waals surface area contributed by atoms with E-state index in [1.165, 1.54) is 18.7 Å². The van der Waals surface area contributed by atoms with Crippen molar-refractivity contribution in [2.24, 2.45) is 5.92 Å². The minimum absolute atomic E-state index is 0.126. The molecule has 0 saturated carbocycles. The molecule has 1 fully saturated rings. The van der Waals surface area contributed by atoms with Crippen molar-refractivity contribution in [3.8, 4) is 0 Å². The predicted octanol–water partition coefficient (Wildman–Crippen LogP) is 1.79. The van der Waals surface area contributed by atoms with Gasteiger partial charge in [0.25, 0.3) is 0 Å². The second-order valence-electron chi connectivity index (χ2n) is 4.64. The van der Waals surface area contributed by atoms with Gasteiger partial charge in [-0.3, -0.25) is 19.7 Å². The molecule has 0 bridgehead atoms. The molecular formula is C14H16N2O3S. The van der Waals surface area contributed by atoms with Gasteiger partial charge in [0.05, 0.1) is 5.69 Å². The molecule has 1 unspecified atom stereocenters. The number of piperidine rings is 1. The zero-order valence-electron chi connectivity index (χ0n) is 11.1. The Hall–Kier alpha value is -1.82. The summed E-state index contributed by atoms with van der Waals surface area (Å²) in [6.07, 6.45) is 0.976. The zero-order valence-corrected chi connectivity index (χ0v) is 12.0. The number of imide groups is 1. The first kappa shape index (κ1) is 14.6. The topological polar surface area (TPSA) is 75.3 Å². The van der Waals surface area contributed by atoms with Gasteiger partial charge in [0.15, 0.2) is 0 Å². The number of nitrogens with one attached hydrogen (secondary N) is 2. The van der Waals surface area contributed by atoms with E-state index in [9.17, 15) is 14.4 Å². The fraction of sp³-hybridized carbons (Fsp3) is 0.357. The molecule has 0 aliphatic carbocycles. The van der Waals surface area contributed by atoms with Crippen molar-refractivity contribution in [2.75, 3.05) is 11.1 Å². The van der Waals surface area contributed by atoms with E-state index in [0.29, 0.717) is 18.6 Å². The molecule has 2 N–H and O–H groups in total. The summed E-state index contributed by atoms with van der Waals surface area (Å²) in [5.41, 5.74) is 0.747. The van der Waals surface area contributed by atoms with Gasteiger partial charge in [-0.25, -0.2) is 0 Å². The van der Waals surface area contributed by atoms with E-state index in [0.717, 1.165) is 10.6 Å². The van der Waals surface area contributed by atoms with Gasteiger partial charge in [0.1, 0.15) is 0 Å². The number of hydrogen-bond donors (Lipinski definition) is 2. The molecule has 3 amide bonds. The van der Waals surface area contributed by atoms with Crippen LogP contribution in [-0.4, -0.2) is 23.5 Å². The Morgan fingerprint density at radius 1 is 1.40 bits per heavy atom. The van der Waals surface area contributed by atoms with Gasteiger partial charge >= 0.3 is 0 Å². The molecule has 1 aliphatic heterocycles. The van der Waals surface area contributed by atoms with Crippen molar-refractivity contribution in [3.05, 3.63) is 24.3 Å². The largest absolute Gasteiger partial charge is 0.325 e. The molecule has 20 heavy (non-hydrogen) atoms. The van der Waals surface area contributed by atoms with Gasteiger partial charge in [-0.1, -0.05) is 12.1 Å². The summed E-state index contributed by atoms with van der Waals surface area (Å²) in [7, 11) is 0. The minimum Gasteiger partial charge on any atom is -0.325 e. The van der Waals surface area contributed by atoms with E-state index in [2.05, 4.69) is 10.6 Å². The van der Waals surface area contributed by atoms with Crippen molar-refractivity contribution in [3.63, 3.8) is 0 Å². The van der Waals surface area contributed by atoms with Gasteiger partial charge < -0.3 is 5.32 Å². The average Bonchev–Trinajstić information content (AvgIpc) is 2.39. The maximum Gasteiger partial charge on any atom is 0.230 e. The van der Waals surface area contributed by atoms with Crippen LogP contribution in [0.3, 0.4) is 0 Å². The second-order valence-corrected chi connectivity index (χ2v) is 5.70. The molecule has 1 heterocycles. The molecular weight excluding hydrogens is 276 g/mol. The third-order valence-corrected chi connectivity index (χ3v) is 4.23.